The number of fused-ring (bicyclic) bond motifs is 1. The summed E-state index contributed by atoms with van der Waals surface area (Å²) in [5.41, 5.74) is -2.29. The van der Waals surface area contributed by atoms with Gasteiger partial charge in [0.15, 0.2) is 0 Å². The van der Waals surface area contributed by atoms with Crippen LogP contribution in [0.3, 0.4) is 0 Å². The van der Waals surface area contributed by atoms with Gasteiger partial charge < -0.3 is 9.67 Å². The molecule has 1 unspecified atom stereocenters. The number of alkyl halides is 5. The van der Waals surface area contributed by atoms with Crippen molar-refractivity contribution in [2.75, 3.05) is 0 Å². The lowest BCUT2D eigenvalue weighted by molar-refractivity contribution is -0.147. The SMILES string of the molecule is OC1c2c(C(F)(F)F)cn(-c3ccc(F)cn3)c2CCC1(F)F. The predicted octanol–water partition coefficient (Wildman–Crippen LogP) is 3.65. The first-order valence-electron chi connectivity index (χ1n) is 6.60. The highest BCUT2D eigenvalue weighted by Gasteiger charge is 2.50. The van der Waals surface area contributed by atoms with Crippen LogP contribution in [-0.2, 0) is 12.6 Å². The van der Waals surface area contributed by atoms with Crippen molar-refractivity contribution in [1.82, 2.24) is 9.55 Å². The summed E-state index contributed by atoms with van der Waals surface area (Å²) in [5.74, 6) is -4.37. The van der Waals surface area contributed by atoms with E-state index in [1.165, 1.54) is 0 Å². The number of aliphatic hydroxyl groups excluding tert-OH is 1. The molecule has 2 aromatic rings. The maximum absolute atomic E-state index is 13.6. The first-order chi connectivity index (χ1) is 10.6. The Morgan fingerprint density at radius 2 is 1.96 bits per heavy atom. The number of rotatable bonds is 1. The van der Waals surface area contributed by atoms with Crippen molar-refractivity contribution >= 4 is 0 Å². The van der Waals surface area contributed by atoms with Crippen LogP contribution in [0.4, 0.5) is 26.3 Å². The van der Waals surface area contributed by atoms with Crippen LogP contribution in [0.15, 0.2) is 24.5 Å². The Balaban J connectivity index is 2.23. The lowest BCUT2D eigenvalue weighted by atomic mass is 9.89. The Morgan fingerprint density at radius 3 is 2.52 bits per heavy atom. The second kappa shape index (κ2) is 4.98. The molecule has 0 fully saturated rings. The van der Waals surface area contributed by atoms with Gasteiger partial charge in [0.25, 0.3) is 5.92 Å². The zero-order chi connectivity index (χ0) is 17.0. The minimum atomic E-state index is -4.91. The van der Waals surface area contributed by atoms with E-state index in [2.05, 4.69) is 4.98 Å². The van der Waals surface area contributed by atoms with Gasteiger partial charge in [-0.2, -0.15) is 13.2 Å². The molecule has 124 valence electrons. The van der Waals surface area contributed by atoms with E-state index in [-0.39, 0.29) is 17.9 Å². The fourth-order valence-electron chi connectivity index (χ4n) is 2.70. The smallest absolute Gasteiger partial charge is 0.382 e. The minimum absolute atomic E-state index is 0.0458. The summed E-state index contributed by atoms with van der Waals surface area (Å²) in [7, 11) is 0. The molecule has 1 aliphatic carbocycles. The van der Waals surface area contributed by atoms with Crippen molar-refractivity contribution in [3.05, 3.63) is 47.2 Å². The molecule has 0 saturated carbocycles. The molecule has 0 spiro atoms. The average Bonchev–Trinajstić information content (AvgIpc) is 2.84. The fourth-order valence-corrected chi connectivity index (χ4v) is 2.70. The van der Waals surface area contributed by atoms with E-state index in [0.717, 1.165) is 22.9 Å². The van der Waals surface area contributed by atoms with Gasteiger partial charge in [0.2, 0.25) is 0 Å². The van der Waals surface area contributed by atoms with Gasteiger partial charge in [-0.15, -0.1) is 0 Å². The third-order valence-corrected chi connectivity index (χ3v) is 3.78. The number of hydrogen-bond acceptors (Lipinski definition) is 2. The van der Waals surface area contributed by atoms with Gasteiger partial charge in [-0.1, -0.05) is 0 Å². The Labute approximate surface area is 126 Å². The van der Waals surface area contributed by atoms with Gasteiger partial charge in [0.05, 0.1) is 11.8 Å². The highest BCUT2D eigenvalue weighted by atomic mass is 19.4. The molecule has 3 rings (SSSR count). The van der Waals surface area contributed by atoms with Crippen LogP contribution in [0.2, 0.25) is 0 Å². The van der Waals surface area contributed by atoms with Gasteiger partial charge in [0, 0.05) is 23.9 Å². The van der Waals surface area contributed by atoms with Crippen LogP contribution in [0.25, 0.3) is 5.82 Å². The highest BCUT2D eigenvalue weighted by molar-refractivity contribution is 5.44. The van der Waals surface area contributed by atoms with E-state index < -0.39 is 41.6 Å². The summed E-state index contributed by atoms with van der Waals surface area (Å²) in [4.78, 5) is 3.66. The molecule has 9 heteroatoms. The molecule has 0 bridgehead atoms. The van der Waals surface area contributed by atoms with Crippen LogP contribution in [-0.4, -0.2) is 20.6 Å². The van der Waals surface area contributed by atoms with Gasteiger partial charge in [-0.3, -0.25) is 0 Å². The van der Waals surface area contributed by atoms with E-state index in [9.17, 15) is 31.4 Å². The van der Waals surface area contributed by atoms with Crippen LogP contribution >= 0.6 is 0 Å². The number of hydrogen-bond donors (Lipinski definition) is 1. The van der Waals surface area contributed by atoms with E-state index in [1.807, 2.05) is 0 Å². The number of aliphatic hydroxyl groups is 1. The predicted molar refractivity (Wildman–Crippen MR) is 66.8 cm³/mol. The second-order valence-electron chi connectivity index (χ2n) is 5.27. The topological polar surface area (TPSA) is 38.0 Å². The van der Waals surface area contributed by atoms with Crippen LogP contribution in [0.5, 0.6) is 0 Å². The van der Waals surface area contributed by atoms with Crippen molar-refractivity contribution in [3.63, 3.8) is 0 Å². The normalized spacial score (nSPS) is 20.4. The van der Waals surface area contributed by atoms with Crippen molar-refractivity contribution in [3.8, 4) is 5.82 Å². The molecule has 2 heterocycles. The quantitative estimate of drug-likeness (QED) is 0.808. The summed E-state index contributed by atoms with van der Waals surface area (Å²) in [6.45, 7) is 0. The van der Waals surface area contributed by atoms with Crippen molar-refractivity contribution in [2.24, 2.45) is 0 Å². The molecule has 23 heavy (non-hydrogen) atoms. The third-order valence-electron chi connectivity index (χ3n) is 3.78. The Morgan fingerprint density at radius 1 is 1.26 bits per heavy atom. The molecule has 1 atom stereocenters. The molecular formula is C14H10F6N2O. The summed E-state index contributed by atoms with van der Waals surface area (Å²) < 4.78 is 80.5. The Bertz CT molecular complexity index is 735. The summed E-state index contributed by atoms with van der Waals surface area (Å²) >= 11 is 0. The summed E-state index contributed by atoms with van der Waals surface area (Å²) in [6, 6.07) is 2.13. The average molecular weight is 336 g/mol. The molecule has 2 aromatic heterocycles. The lowest BCUT2D eigenvalue weighted by Crippen LogP contribution is -2.33. The van der Waals surface area contributed by atoms with Gasteiger partial charge in [-0.05, 0) is 18.6 Å². The van der Waals surface area contributed by atoms with Crippen molar-refractivity contribution < 1.29 is 31.4 Å². The maximum Gasteiger partial charge on any atom is 0.418 e. The third kappa shape index (κ3) is 2.58. The zero-order valence-electron chi connectivity index (χ0n) is 11.4. The standard InChI is InChI=1S/C14H10F6N2O/c15-7-1-2-10(21-5-7)22-6-8(14(18,19)20)11-9(22)3-4-13(16,17)12(11)23/h1-2,5-6,12,23H,3-4H2. The number of aromatic nitrogens is 2. The van der Waals surface area contributed by atoms with Crippen LogP contribution in [0.1, 0.15) is 29.3 Å². The van der Waals surface area contributed by atoms with Gasteiger partial charge in [0.1, 0.15) is 17.7 Å². The zero-order valence-corrected chi connectivity index (χ0v) is 11.4. The fraction of sp³-hybridized carbons (Fsp3) is 0.357. The van der Waals surface area contributed by atoms with E-state index in [4.69, 9.17) is 0 Å². The van der Waals surface area contributed by atoms with E-state index in [0.29, 0.717) is 6.20 Å². The molecule has 0 amide bonds. The van der Waals surface area contributed by atoms with E-state index >= 15 is 0 Å². The minimum Gasteiger partial charge on any atom is -0.382 e. The highest BCUT2D eigenvalue weighted by Crippen LogP contribution is 2.47. The Hall–Kier alpha value is -2.03. The first-order valence-corrected chi connectivity index (χ1v) is 6.60. The number of nitrogens with zero attached hydrogens (tertiary/aromatic N) is 2. The number of pyridine rings is 1. The molecule has 1 N–H and O–H groups in total. The lowest BCUT2D eigenvalue weighted by Gasteiger charge is -2.29. The molecule has 0 aliphatic heterocycles. The van der Waals surface area contributed by atoms with E-state index in [1.54, 1.807) is 0 Å². The largest absolute Gasteiger partial charge is 0.418 e. The van der Waals surface area contributed by atoms with Gasteiger partial charge >= 0.3 is 6.18 Å². The summed E-state index contributed by atoms with van der Waals surface area (Å²) in [6.07, 6.45) is -7.20. The first kappa shape index (κ1) is 15.9. The molecule has 0 radical (unpaired) electrons. The molecule has 3 nitrogen and oxygen atoms in total. The molecule has 1 aliphatic rings. The van der Waals surface area contributed by atoms with Crippen molar-refractivity contribution in [2.45, 2.75) is 31.0 Å². The Kier molecular flexibility index (Phi) is 3.44. The summed E-state index contributed by atoms with van der Waals surface area (Å²) in [5, 5.41) is 9.69. The monoisotopic (exact) mass is 336 g/mol. The van der Waals surface area contributed by atoms with Crippen LogP contribution < -0.4 is 0 Å². The molecule has 0 saturated heterocycles. The maximum atomic E-state index is 13.6. The number of halogens is 6. The second-order valence-corrected chi connectivity index (χ2v) is 5.27. The molecular weight excluding hydrogens is 326 g/mol. The van der Waals surface area contributed by atoms with Crippen LogP contribution in [0, 0.1) is 5.82 Å². The van der Waals surface area contributed by atoms with Gasteiger partial charge in [-0.25, -0.2) is 18.2 Å². The van der Waals surface area contributed by atoms with Crippen molar-refractivity contribution in [1.29, 1.82) is 0 Å². The molecule has 0 aromatic carbocycles.